The second kappa shape index (κ2) is 5.62. The SMILES string of the molecule is Cc1ccc(N(C)C(=O)c2cccc([N+](=O)[O-])c2N)cc1. The highest BCUT2D eigenvalue weighted by Crippen LogP contribution is 2.27. The maximum Gasteiger partial charge on any atom is 0.292 e. The van der Waals surface area contributed by atoms with Gasteiger partial charge in [0.05, 0.1) is 10.5 Å². The molecule has 108 valence electrons. The monoisotopic (exact) mass is 285 g/mol. The van der Waals surface area contributed by atoms with E-state index in [1.165, 1.54) is 23.1 Å². The van der Waals surface area contributed by atoms with Crippen LogP contribution in [-0.2, 0) is 0 Å². The highest BCUT2D eigenvalue weighted by Gasteiger charge is 2.22. The number of amides is 1. The van der Waals surface area contributed by atoms with Crippen LogP contribution in [0.15, 0.2) is 42.5 Å². The first kappa shape index (κ1) is 14.5. The molecule has 0 fully saturated rings. The van der Waals surface area contributed by atoms with E-state index in [9.17, 15) is 14.9 Å². The van der Waals surface area contributed by atoms with Crippen LogP contribution in [0, 0.1) is 17.0 Å². The molecule has 0 aromatic heterocycles. The predicted molar refractivity (Wildman–Crippen MR) is 81.4 cm³/mol. The van der Waals surface area contributed by atoms with Gasteiger partial charge < -0.3 is 10.6 Å². The van der Waals surface area contributed by atoms with Crippen LogP contribution < -0.4 is 10.6 Å². The molecule has 0 aliphatic rings. The molecule has 2 rings (SSSR count). The largest absolute Gasteiger partial charge is 0.393 e. The normalized spacial score (nSPS) is 10.2. The number of nitrogens with zero attached hydrogens (tertiary/aromatic N) is 2. The minimum absolute atomic E-state index is 0.118. The van der Waals surface area contributed by atoms with Crippen LogP contribution in [0.2, 0.25) is 0 Å². The van der Waals surface area contributed by atoms with Crippen molar-refractivity contribution < 1.29 is 9.72 Å². The van der Waals surface area contributed by atoms with Gasteiger partial charge in [0, 0.05) is 18.8 Å². The highest BCUT2D eigenvalue weighted by atomic mass is 16.6. The fourth-order valence-corrected chi connectivity index (χ4v) is 1.97. The molecular weight excluding hydrogens is 270 g/mol. The Labute approximate surface area is 121 Å². The molecule has 0 radical (unpaired) electrons. The van der Waals surface area contributed by atoms with E-state index in [0.717, 1.165) is 5.56 Å². The third kappa shape index (κ3) is 2.84. The summed E-state index contributed by atoms with van der Waals surface area (Å²) in [6.07, 6.45) is 0. The van der Waals surface area contributed by atoms with Gasteiger partial charge in [-0.3, -0.25) is 14.9 Å². The van der Waals surface area contributed by atoms with Crippen LogP contribution in [0.3, 0.4) is 0 Å². The summed E-state index contributed by atoms with van der Waals surface area (Å²) < 4.78 is 0. The lowest BCUT2D eigenvalue weighted by molar-refractivity contribution is -0.383. The summed E-state index contributed by atoms with van der Waals surface area (Å²) in [5, 5.41) is 10.9. The number of nitro groups is 1. The molecule has 2 aromatic carbocycles. The molecule has 0 heterocycles. The number of aryl methyl sites for hydroxylation is 1. The molecule has 0 saturated carbocycles. The van der Waals surface area contributed by atoms with Gasteiger partial charge in [-0.05, 0) is 25.1 Å². The number of benzene rings is 2. The number of hydrogen-bond acceptors (Lipinski definition) is 4. The first-order valence-corrected chi connectivity index (χ1v) is 6.29. The first-order valence-electron chi connectivity index (χ1n) is 6.29. The molecule has 0 aliphatic heterocycles. The smallest absolute Gasteiger partial charge is 0.292 e. The van der Waals surface area contributed by atoms with E-state index in [0.29, 0.717) is 5.69 Å². The quantitative estimate of drug-likeness (QED) is 0.533. The van der Waals surface area contributed by atoms with Gasteiger partial charge in [-0.1, -0.05) is 23.8 Å². The van der Waals surface area contributed by atoms with Crippen molar-refractivity contribution in [1.29, 1.82) is 0 Å². The van der Waals surface area contributed by atoms with Crippen molar-refractivity contribution in [3.8, 4) is 0 Å². The van der Waals surface area contributed by atoms with E-state index >= 15 is 0 Å². The number of nitro benzene ring substituents is 1. The maximum atomic E-state index is 12.4. The zero-order valence-electron chi connectivity index (χ0n) is 11.7. The van der Waals surface area contributed by atoms with Crippen LogP contribution >= 0.6 is 0 Å². The summed E-state index contributed by atoms with van der Waals surface area (Å²) in [5.74, 6) is -0.389. The van der Waals surface area contributed by atoms with Crippen LogP contribution in [-0.4, -0.2) is 17.9 Å². The molecular formula is C15H15N3O3. The van der Waals surface area contributed by atoms with Crippen molar-refractivity contribution in [2.24, 2.45) is 0 Å². The lowest BCUT2D eigenvalue weighted by Gasteiger charge is -2.18. The molecule has 0 saturated heterocycles. The van der Waals surface area contributed by atoms with Crippen LogP contribution in [0.1, 0.15) is 15.9 Å². The van der Waals surface area contributed by atoms with Gasteiger partial charge in [0.2, 0.25) is 0 Å². The molecule has 0 bridgehead atoms. The van der Waals surface area contributed by atoms with Gasteiger partial charge in [0.1, 0.15) is 5.69 Å². The Bertz CT molecular complexity index is 696. The number of carbonyl (C=O) groups excluding carboxylic acids is 1. The lowest BCUT2D eigenvalue weighted by atomic mass is 10.1. The van der Waals surface area contributed by atoms with Gasteiger partial charge in [-0.15, -0.1) is 0 Å². The van der Waals surface area contributed by atoms with Crippen molar-refractivity contribution in [3.05, 3.63) is 63.7 Å². The fraction of sp³-hybridized carbons (Fsp3) is 0.133. The second-order valence-corrected chi connectivity index (χ2v) is 4.70. The Kier molecular flexibility index (Phi) is 3.89. The summed E-state index contributed by atoms with van der Waals surface area (Å²) in [4.78, 5) is 24.1. The van der Waals surface area contributed by atoms with Crippen molar-refractivity contribution in [2.75, 3.05) is 17.7 Å². The van der Waals surface area contributed by atoms with Gasteiger partial charge >= 0.3 is 0 Å². The average molecular weight is 285 g/mol. The summed E-state index contributed by atoms with van der Waals surface area (Å²) in [6, 6.07) is 11.6. The third-order valence-electron chi connectivity index (χ3n) is 3.24. The van der Waals surface area contributed by atoms with E-state index in [1.807, 2.05) is 19.1 Å². The predicted octanol–water partition coefficient (Wildman–Crippen LogP) is 2.76. The third-order valence-corrected chi connectivity index (χ3v) is 3.24. The number of rotatable bonds is 3. The zero-order valence-corrected chi connectivity index (χ0v) is 11.7. The average Bonchev–Trinajstić information content (AvgIpc) is 2.46. The molecule has 0 atom stereocenters. The van der Waals surface area contributed by atoms with Crippen molar-refractivity contribution in [2.45, 2.75) is 6.92 Å². The Hall–Kier alpha value is -2.89. The van der Waals surface area contributed by atoms with E-state index in [-0.39, 0.29) is 22.8 Å². The minimum atomic E-state index is -0.599. The fourth-order valence-electron chi connectivity index (χ4n) is 1.97. The number of carbonyl (C=O) groups is 1. The van der Waals surface area contributed by atoms with Crippen LogP contribution in [0.4, 0.5) is 17.1 Å². The molecule has 0 spiro atoms. The summed E-state index contributed by atoms with van der Waals surface area (Å²) in [7, 11) is 1.60. The van der Waals surface area contributed by atoms with Crippen molar-refractivity contribution >= 4 is 23.0 Å². The van der Waals surface area contributed by atoms with E-state index in [1.54, 1.807) is 19.2 Å². The van der Waals surface area contributed by atoms with Crippen LogP contribution in [0.5, 0.6) is 0 Å². The second-order valence-electron chi connectivity index (χ2n) is 4.70. The standard InChI is InChI=1S/C15H15N3O3/c1-10-6-8-11(9-7-10)17(2)15(19)12-4-3-5-13(14(12)16)18(20)21/h3-9H,16H2,1-2H3. The summed E-state index contributed by atoms with van der Waals surface area (Å²) >= 11 is 0. The molecule has 0 unspecified atom stereocenters. The lowest BCUT2D eigenvalue weighted by Crippen LogP contribution is -2.27. The maximum absolute atomic E-state index is 12.4. The van der Waals surface area contributed by atoms with E-state index < -0.39 is 4.92 Å². The van der Waals surface area contributed by atoms with Crippen molar-refractivity contribution in [3.63, 3.8) is 0 Å². The van der Waals surface area contributed by atoms with E-state index in [2.05, 4.69) is 0 Å². The van der Waals surface area contributed by atoms with Gasteiger partial charge in [0.15, 0.2) is 0 Å². The number of hydrogen-bond donors (Lipinski definition) is 1. The number of para-hydroxylation sites is 1. The molecule has 2 aromatic rings. The summed E-state index contributed by atoms with van der Waals surface area (Å²) in [6.45, 7) is 1.95. The Morgan fingerprint density at radius 1 is 1.19 bits per heavy atom. The first-order chi connectivity index (χ1) is 9.91. The highest BCUT2D eigenvalue weighted by molar-refractivity contribution is 6.10. The Morgan fingerprint density at radius 2 is 1.81 bits per heavy atom. The van der Waals surface area contributed by atoms with Gasteiger partial charge in [-0.2, -0.15) is 0 Å². The topological polar surface area (TPSA) is 89.5 Å². The number of nitrogen functional groups attached to an aromatic ring is 1. The molecule has 1 amide bonds. The number of nitrogens with two attached hydrogens (primary N) is 1. The van der Waals surface area contributed by atoms with E-state index in [4.69, 9.17) is 5.73 Å². The van der Waals surface area contributed by atoms with Crippen molar-refractivity contribution in [1.82, 2.24) is 0 Å². The molecule has 21 heavy (non-hydrogen) atoms. The molecule has 6 heteroatoms. The van der Waals surface area contributed by atoms with Gasteiger partial charge in [-0.25, -0.2) is 0 Å². The van der Waals surface area contributed by atoms with Gasteiger partial charge in [0.25, 0.3) is 11.6 Å². The zero-order chi connectivity index (χ0) is 15.6. The minimum Gasteiger partial charge on any atom is -0.393 e. The van der Waals surface area contributed by atoms with Crippen LogP contribution in [0.25, 0.3) is 0 Å². The Balaban J connectivity index is 2.38. The number of anilines is 2. The molecule has 6 nitrogen and oxygen atoms in total. The molecule has 2 N–H and O–H groups in total. The Morgan fingerprint density at radius 3 is 2.38 bits per heavy atom. The molecule has 0 aliphatic carbocycles. The summed E-state index contributed by atoms with van der Waals surface area (Å²) in [5.41, 5.74) is 7.24.